The highest BCUT2D eigenvalue weighted by molar-refractivity contribution is 5.43. The van der Waals surface area contributed by atoms with E-state index in [2.05, 4.69) is 42.8 Å². The number of benzene rings is 1. The first kappa shape index (κ1) is 14.9. The van der Waals surface area contributed by atoms with E-state index >= 15 is 0 Å². The number of methoxy groups -OCH3 is 1. The van der Waals surface area contributed by atoms with Crippen molar-refractivity contribution in [2.24, 2.45) is 5.92 Å². The van der Waals surface area contributed by atoms with Crippen LogP contribution in [0.25, 0.3) is 0 Å². The van der Waals surface area contributed by atoms with Gasteiger partial charge in [0.05, 0.1) is 7.11 Å². The van der Waals surface area contributed by atoms with Gasteiger partial charge in [-0.05, 0) is 62.4 Å². The minimum atomic E-state index is 0.732. The summed E-state index contributed by atoms with van der Waals surface area (Å²) in [7, 11) is 4.03. The van der Waals surface area contributed by atoms with Gasteiger partial charge in [-0.2, -0.15) is 0 Å². The van der Waals surface area contributed by atoms with Crippen LogP contribution in [0.15, 0.2) is 12.1 Å². The smallest absolute Gasteiger partial charge is 0.122 e. The van der Waals surface area contributed by atoms with E-state index < -0.39 is 0 Å². The maximum Gasteiger partial charge on any atom is 0.122 e. The van der Waals surface area contributed by atoms with Gasteiger partial charge in [-0.15, -0.1) is 0 Å². The molecule has 1 aromatic rings. The summed E-state index contributed by atoms with van der Waals surface area (Å²) in [6.07, 6.45) is 2.77. The zero-order valence-corrected chi connectivity index (χ0v) is 13.9. The molecule has 2 atom stereocenters. The van der Waals surface area contributed by atoms with Crippen molar-refractivity contribution in [3.8, 4) is 5.75 Å². The quantitative estimate of drug-likeness (QED) is 0.850. The van der Waals surface area contributed by atoms with Crippen molar-refractivity contribution in [3.05, 3.63) is 28.8 Å². The predicted octanol–water partition coefficient (Wildman–Crippen LogP) is 2.84. The average molecular weight is 288 g/mol. The van der Waals surface area contributed by atoms with Crippen LogP contribution in [0.1, 0.15) is 29.5 Å². The molecule has 0 saturated carbocycles. The fraction of sp³-hybridized carbons (Fsp3) is 0.667. The van der Waals surface area contributed by atoms with E-state index in [1.807, 2.05) is 0 Å². The van der Waals surface area contributed by atoms with Gasteiger partial charge in [0.2, 0.25) is 0 Å². The molecule has 2 bridgehead atoms. The van der Waals surface area contributed by atoms with Gasteiger partial charge >= 0.3 is 0 Å². The zero-order valence-electron chi connectivity index (χ0n) is 13.9. The van der Waals surface area contributed by atoms with E-state index in [1.165, 1.54) is 49.2 Å². The van der Waals surface area contributed by atoms with Crippen molar-refractivity contribution in [1.82, 2.24) is 9.80 Å². The maximum absolute atomic E-state index is 5.43. The van der Waals surface area contributed by atoms with Gasteiger partial charge in [0.25, 0.3) is 0 Å². The van der Waals surface area contributed by atoms with Crippen molar-refractivity contribution in [2.75, 3.05) is 33.8 Å². The van der Waals surface area contributed by atoms with Gasteiger partial charge < -0.3 is 9.64 Å². The molecule has 3 fully saturated rings. The molecule has 3 saturated heterocycles. The maximum atomic E-state index is 5.43. The number of hydrogen-bond donors (Lipinski definition) is 0. The minimum Gasteiger partial charge on any atom is -0.496 e. The second-order valence-corrected chi connectivity index (χ2v) is 6.92. The van der Waals surface area contributed by atoms with E-state index in [9.17, 15) is 0 Å². The Labute approximate surface area is 128 Å². The second kappa shape index (κ2) is 5.98. The van der Waals surface area contributed by atoms with Crippen molar-refractivity contribution >= 4 is 0 Å². The summed E-state index contributed by atoms with van der Waals surface area (Å²) in [6, 6.07) is 5.11. The van der Waals surface area contributed by atoms with Crippen LogP contribution < -0.4 is 4.74 Å². The Morgan fingerprint density at radius 1 is 1.10 bits per heavy atom. The summed E-state index contributed by atoms with van der Waals surface area (Å²) in [5.74, 6) is 1.86. The first-order valence-electron chi connectivity index (χ1n) is 8.14. The highest BCUT2D eigenvalue weighted by atomic mass is 16.5. The number of piperidine rings is 1. The molecule has 3 heterocycles. The average Bonchev–Trinajstić information content (AvgIpc) is 2.73. The summed E-state index contributed by atoms with van der Waals surface area (Å²) in [5, 5.41) is 0. The van der Waals surface area contributed by atoms with Crippen molar-refractivity contribution in [2.45, 2.75) is 39.3 Å². The molecule has 0 radical (unpaired) electrons. The fourth-order valence-electron chi connectivity index (χ4n) is 4.07. The number of fused-ring (bicyclic) bond motifs is 4. The summed E-state index contributed by atoms with van der Waals surface area (Å²) >= 11 is 0. The highest BCUT2D eigenvalue weighted by Gasteiger charge is 2.33. The normalized spacial score (nSPS) is 26.9. The molecule has 116 valence electrons. The molecule has 3 aliphatic rings. The first-order valence-corrected chi connectivity index (χ1v) is 8.14. The number of nitrogens with zero attached hydrogens (tertiary/aromatic N) is 2. The minimum absolute atomic E-state index is 0.732. The summed E-state index contributed by atoms with van der Waals surface area (Å²) in [4.78, 5) is 5.24. The molecule has 0 N–H and O–H groups in total. The molecular weight excluding hydrogens is 260 g/mol. The summed E-state index contributed by atoms with van der Waals surface area (Å²) in [6.45, 7) is 9.25. The third kappa shape index (κ3) is 2.95. The molecule has 4 rings (SSSR count). The molecule has 1 aromatic carbocycles. The molecule has 0 spiro atoms. The Morgan fingerprint density at radius 3 is 2.67 bits per heavy atom. The van der Waals surface area contributed by atoms with Crippen molar-refractivity contribution in [1.29, 1.82) is 0 Å². The van der Waals surface area contributed by atoms with E-state index in [4.69, 9.17) is 4.74 Å². The Morgan fingerprint density at radius 2 is 1.90 bits per heavy atom. The fourth-order valence-corrected chi connectivity index (χ4v) is 4.07. The van der Waals surface area contributed by atoms with Gasteiger partial charge in [-0.1, -0.05) is 6.07 Å². The lowest BCUT2D eigenvalue weighted by molar-refractivity contribution is 0.124. The van der Waals surface area contributed by atoms with Crippen LogP contribution >= 0.6 is 0 Å². The molecule has 0 amide bonds. The third-order valence-corrected chi connectivity index (χ3v) is 5.45. The molecule has 0 aliphatic carbocycles. The Hall–Kier alpha value is -1.06. The molecule has 21 heavy (non-hydrogen) atoms. The topological polar surface area (TPSA) is 15.7 Å². The van der Waals surface area contributed by atoms with Crippen molar-refractivity contribution in [3.63, 3.8) is 0 Å². The highest BCUT2D eigenvalue weighted by Crippen LogP contribution is 2.30. The Bertz CT molecular complexity index is 514. The summed E-state index contributed by atoms with van der Waals surface area (Å²) in [5.41, 5.74) is 4.14. The molecule has 0 unspecified atom stereocenters. The number of ether oxygens (including phenoxy) is 1. The van der Waals surface area contributed by atoms with Gasteiger partial charge in [0, 0.05) is 32.2 Å². The van der Waals surface area contributed by atoms with Gasteiger partial charge in [0.1, 0.15) is 5.75 Å². The second-order valence-electron chi connectivity index (χ2n) is 6.92. The number of hydrogen-bond acceptors (Lipinski definition) is 3. The zero-order chi connectivity index (χ0) is 15.0. The van der Waals surface area contributed by atoms with Crippen LogP contribution in [0.3, 0.4) is 0 Å². The largest absolute Gasteiger partial charge is 0.496 e. The Kier molecular flexibility index (Phi) is 4.23. The summed E-state index contributed by atoms with van der Waals surface area (Å²) < 4.78 is 5.43. The van der Waals surface area contributed by atoms with Crippen LogP contribution in [-0.4, -0.2) is 49.6 Å². The van der Waals surface area contributed by atoms with E-state index in [0.717, 1.165) is 24.3 Å². The van der Waals surface area contributed by atoms with Gasteiger partial charge in [0.15, 0.2) is 0 Å². The van der Waals surface area contributed by atoms with Crippen LogP contribution in [0.2, 0.25) is 0 Å². The van der Waals surface area contributed by atoms with Gasteiger partial charge in [-0.25, -0.2) is 0 Å². The monoisotopic (exact) mass is 288 g/mol. The number of rotatable bonds is 3. The van der Waals surface area contributed by atoms with E-state index in [0.29, 0.717) is 0 Å². The van der Waals surface area contributed by atoms with E-state index in [1.54, 1.807) is 7.11 Å². The van der Waals surface area contributed by atoms with Gasteiger partial charge in [-0.3, -0.25) is 4.90 Å². The predicted molar refractivity (Wildman–Crippen MR) is 86.9 cm³/mol. The van der Waals surface area contributed by atoms with Crippen LogP contribution in [-0.2, 0) is 6.54 Å². The van der Waals surface area contributed by atoms with Crippen LogP contribution in [0, 0.1) is 19.8 Å². The van der Waals surface area contributed by atoms with Crippen LogP contribution in [0.4, 0.5) is 0 Å². The lowest BCUT2D eigenvalue weighted by Crippen LogP contribution is -2.43. The van der Waals surface area contributed by atoms with Crippen molar-refractivity contribution < 1.29 is 4.74 Å². The third-order valence-electron chi connectivity index (χ3n) is 5.45. The molecule has 3 heteroatoms. The standard InChI is InChI=1S/C18H28N2O/c1-13-14(2)18(21-4)8-6-16(13)11-20-10-15-5-7-17(20)12-19(3)9-15/h6,8,15,17H,5,7,9-12H2,1-4H3/t15-,17+/m1/s1. The van der Waals surface area contributed by atoms with E-state index in [-0.39, 0.29) is 0 Å². The molecule has 0 aromatic heterocycles. The SMILES string of the molecule is COc1ccc(CN2C[C@@H]3CC[C@H]2CN(C)C3)c(C)c1C. The Balaban J connectivity index is 1.79. The lowest BCUT2D eigenvalue weighted by Gasteiger charge is -2.36. The lowest BCUT2D eigenvalue weighted by atomic mass is 9.93. The molecule has 3 nitrogen and oxygen atoms in total. The number of likely N-dealkylation sites (N-methyl/N-ethyl adjacent to an activating group) is 1. The molecular formula is C18H28N2O. The first-order chi connectivity index (χ1) is 10.1. The molecule has 3 aliphatic heterocycles. The van der Waals surface area contributed by atoms with Crippen LogP contribution in [0.5, 0.6) is 5.75 Å².